The summed E-state index contributed by atoms with van der Waals surface area (Å²) in [6.07, 6.45) is -4.40. The van der Waals surface area contributed by atoms with E-state index in [-0.39, 0.29) is 24.4 Å². The quantitative estimate of drug-likeness (QED) is 0.583. The predicted octanol–water partition coefficient (Wildman–Crippen LogP) is 5.05. The zero-order chi connectivity index (χ0) is 21.9. The van der Waals surface area contributed by atoms with Gasteiger partial charge in [0.2, 0.25) is 17.6 Å². The number of carbonyl (C=O) groups is 1. The Kier molecular flexibility index (Phi) is 6.31. The van der Waals surface area contributed by atoms with Crippen LogP contribution in [0.15, 0.2) is 47.0 Å². The highest BCUT2D eigenvalue weighted by Gasteiger charge is 2.31. The van der Waals surface area contributed by atoms with Crippen LogP contribution in [0.3, 0.4) is 0 Å². The third-order valence-corrected chi connectivity index (χ3v) is 4.47. The first kappa shape index (κ1) is 21.6. The van der Waals surface area contributed by atoms with Gasteiger partial charge in [-0.1, -0.05) is 16.8 Å². The van der Waals surface area contributed by atoms with Crippen LogP contribution >= 0.6 is 11.6 Å². The third kappa shape index (κ3) is 5.29. The van der Waals surface area contributed by atoms with Crippen molar-refractivity contribution in [2.45, 2.75) is 19.0 Å². The molecule has 0 aliphatic carbocycles. The van der Waals surface area contributed by atoms with Gasteiger partial charge in [-0.3, -0.25) is 4.79 Å². The van der Waals surface area contributed by atoms with E-state index in [2.05, 4.69) is 15.5 Å². The molecule has 0 fully saturated rings. The zero-order valence-electron chi connectivity index (χ0n) is 16.1. The smallest absolute Gasteiger partial charge is 0.376 e. The minimum absolute atomic E-state index is 0.0363. The maximum atomic E-state index is 13.0. The Hall–Kier alpha value is -3.07. The number of hydrogen-bond donors (Lipinski definition) is 1. The fourth-order valence-corrected chi connectivity index (χ4v) is 2.83. The summed E-state index contributed by atoms with van der Waals surface area (Å²) in [6.45, 7) is 0. The lowest BCUT2D eigenvalue weighted by Crippen LogP contribution is -2.18. The van der Waals surface area contributed by atoms with E-state index in [1.165, 1.54) is 6.07 Å². The molecular formula is C20H18ClF3N4O2. The van der Waals surface area contributed by atoms with Gasteiger partial charge >= 0.3 is 6.18 Å². The van der Waals surface area contributed by atoms with E-state index in [4.69, 9.17) is 16.1 Å². The molecule has 6 nitrogen and oxygen atoms in total. The van der Waals surface area contributed by atoms with E-state index in [1.54, 1.807) is 43.3 Å². The Balaban J connectivity index is 1.67. The van der Waals surface area contributed by atoms with Gasteiger partial charge in [-0.05, 0) is 42.5 Å². The molecule has 158 valence electrons. The Morgan fingerprint density at radius 2 is 1.87 bits per heavy atom. The van der Waals surface area contributed by atoms with Crippen molar-refractivity contribution in [2.24, 2.45) is 0 Å². The number of aromatic nitrogens is 2. The molecule has 0 spiro atoms. The van der Waals surface area contributed by atoms with Gasteiger partial charge in [-0.15, -0.1) is 0 Å². The maximum Gasteiger partial charge on any atom is 0.416 e. The van der Waals surface area contributed by atoms with Crippen LogP contribution < -0.4 is 10.2 Å². The number of anilines is 2. The minimum Gasteiger partial charge on any atom is -0.376 e. The first-order valence-electron chi connectivity index (χ1n) is 8.90. The van der Waals surface area contributed by atoms with Crippen LogP contribution in [-0.4, -0.2) is 30.1 Å². The topological polar surface area (TPSA) is 71.3 Å². The van der Waals surface area contributed by atoms with Crippen molar-refractivity contribution in [3.63, 3.8) is 0 Å². The summed E-state index contributed by atoms with van der Waals surface area (Å²) in [5.41, 5.74) is 0.401. The molecule has 0 saturated carbocycles. The molecule has 10 heteroatoms. The lowest BCUT2D eigenvalue weighted by atomic mass is 10.1. The second-order valence-corrected chi connectivity index (χ2v) is 7.13. The number of halogens is 4. The van der Waals surface area contributed by atoms with Crippen molar-refractivity contribution in [1.29, 1.82) is 0 Å². The standard InChI is InChI=1S/C20H18ClF3N4O2/c1-28(2)16-8-5-13(20(22,23)24)11-15(16)25-17(29)9-10-18-26-19(27-30-18)12-3-6-14(21)7-4-12/h3-8,11H,9-10H2,1-2H3,(H,25,29). The number of alkyl halides is 3. The lowest BCUT2D eigenvalue weighted by molar-refractivity contribution is -0.137. The minimum atomic E-state index is -4.51. The van der Waals surface area contributed by atoms with Crippen molar-refractivity contribution in [2.75, 3.05) is 24.3 Å². The van der Waals surface area contributed by atoms with Gasteiger partial charge in [-0.25, -0.2) is 0 Å². The first-order chi connectivity index (χ1) is 14.1. The van der Waals surface area contributed by atoms with Gasteiger partial charge in [0.15, 0.2) is 0 Å². The van der Waals surface area contributed by atoms with Gasteiger partial charge in [0.1, 0.15) is 0 Å². The average Bonchev–Trinajstić information content (AvgIpc) is 3.15. The molecule has 0 aliphatic heterocycles. The monoisotopic (exact) mass is 438 g/mol. The SMILES string of the molecule is CN(C)c1ccc(C(F)(F)F)cc1NC(=O)CCc1nc(-c2ccc(Cl)cc2)no1. The number of nitrogens with zero attached hydrogens (tertiary/aromatic N) is 3. The van der Waals surface area contributed by atoms with Crippen molar-refractivity contribution >= 4 is 28.9 Å². The molecular weight excluding hydrogens is 421 g/mol. The lowest BCUT2D eigenvalue weighted by Gasteiger charge is -2.19. The summed E-state index contributed by atoms with van der Waals surface area (Å²) >= 11 is 5.85. The van der Waals surface area contributed by atoms with Crippen LogP contribution in [0.25, 0.3) is 11.4 Å². The van der Waals surface area contributed by atoms with Crippen LogP contribution in [0.2, 0.25) is 5.02 Å². The highest BCUT2D eigenvalue weighted by atomic mass is 35.5. The molecule has 2 aromatic carbocycles. The van der Waals surface area contributed by atoms with E-state index in [1.807, 2.05) is 0 Å². The molecule has 0 unspecified atom stereocenters. The van der Waals surface area contributed by atoms with Crippen LogP contribution in [0.4, 0.5) is 24.5 Å². The molecule has 0 radical (unpaired) electrons. The summed E-state index contributed by atoms with van der Waals surface area (Å²) in [7, 11) is 3.35. The second-order valence-electron chi connectivity index (χ2n) is 6.69. The molecule has 0 aliphatic rings. The second kappa shape index (κ2) is 8.74. The van der Waals surface area contributed by atoms with Gasteiger partial charge in [0, 0.05) is 37.5 Å². The number of carbonyl (C=O) groups excluding carboxylic acids is 1. The summed E-state index contributed by atoms with van der Waals surface area (Å²) in [5.74, 6) is 0.130. The number of nitrogens with one attached hydrogen (secondary N) is 1. The van der Waals surface area contributed by atoms with E-state index >= 15 is 0 Å². The maximum absolute atomic E-state index is 13.0. The van der Waals surface area contributed by atoms with E-state index in [0.717, 1.165) is 12.1 Å². The highest BCUT2D eigenvalue weighted by molar-refractivity contribution is 6.30. The molecule has 0 saturated heterocycles. The zero-order valence-corrected chi connectivity index (χ0v) is 16.9. The molecule has 3 rings (SSSR count). The summed E-state index contributed by atoms with van der Waals surface area (Å²) < 4.78 is 44.2. The average molecular weight is 439 g/mol. The van der Waals surface area contributed by atoms with Crippen LogP contribution in [0.5, 0.6) is 0 Å². The van der Waals surface area contributed by atoms with Crippen molar-refractivity contribution in [1.82, 2.24) is 10.1 Å². The normalized spacial score (nSPS) is 11.4. The number of benzene rings is 2. The van der Waals surface area contributed by atoms with Crippen LogP contribution in [0.1, 0.15) is 17.9 Å². The molecule has 1 aromatic heterocycles. The first-order valence-corrected chi connectivity index (χ1v) is 9.28. The van der Waals surface area contributed by atoms with E-state index < -0.39 is 17.6 Å². The largest absolute Gasteiger partial charge is 0.416 e. The van der Waals surface area contributed by atoms with Crippen molar-refractivity contribution in [3.05, 3.63) is 58.9 Å². The number of hydrogen-bond acceptors (Lipinski definition) is 5. The van der Waals surface area contributed by atoms with E-state index in [9.17, 15) is 18.0 Å². The third-order valence-electron chi connectivity index (χ3n) is 4.22. The van der Waals surface area contributed by atoms with Gasteiger partial charge < -0.3 is 14.7 Å². The number of aryl methyl sites for hydroxylation is 1. The van der Waals surface area contributed by atoms with E-state index in [0.29, 0.717) is 22.1 Å². The van der Waals surface area contributed by atoms with Crippen LogP contribution in [-0.2, 0) is 17.4 Å². The molecule has 1 heterocycles. The Morgan fingerprint density at radius 1 is 1.17 bits per heavy atom. The summed E-state index contributed by atoms with van der Waals surface area (Å²) in [5, 5.41) is 6.97. The van der Waals surface area contributed by atoms with Gasteiger partial charge in [-0.2, -0.15) is 18.2 Å². The molecule has 30 heavy (non-hydrogen) atoms. The Morgan fingerprint density at radius 3 is 2.50 bits per heavy atom. The molecule has 0 atom stereocenters. The molecule has 3 aromatic rings. The van der Waals surface area contributed by atoms with Gasteiger partial charge in [0.05, 0.1) is 16.9 Å². The molecule has 1 N–H and O–H groups in total. The van der Waals surface area contributed by atoms with Crippen LogP contribution in [0, 0.1) is 0 Å². The molecule has 1 amide bonds. The van der Waals surface area contributed by atoms with Crippen molar-refractivity contribution < 1.29 is 22.5 Å². The fraction of sp³-hybridized carbons (Fsp3) is 0.250. The van der Waals surface area contributed by atoms with Crippen molar-refractivity contribution in [3.8, 4) is 11.4 Å². The highest BCUT2D eigenvalue weighted by Crippen LogP contribution is 2.35. The molecule has 0 bridgehead atoms. The summed E-state index contributed by atoms with van der Waals surface area (Å²) in [6, 6.07) is 10.1. The predicted molar refractivity (Wildman–Crippen MR) is 107 cm³/mol. The summed E-state index contributed by atoms with van der Waals surface area (Å²) in [4.78, 5) is 18.2. The Labute approximate surface area is 175 Å². The number of rotatable bonds is 6. The fourth-order valence-electron chi connectivity index (χ4n) is 2.71. The Bertz CT molecular complexity index is 1030. The van der Waals surface area contributed by atoms with Gasteiger partial charge in [0.25, 0.3) is 0 Å². The number of amides is 1.